The molecule has 2 rings (SSSR count). The van der Waals surface area contributed by atoms with Crippen molar-refractivity contribution in [1.82, 2.24) is 0 Å². The molecule has 0 aliphatic rings. The van der Waals surface area contributed by atoms with Crippen molar-refractivity contribution in [2.45, 2.75) is 13.2 Å². The summed E-state index contributed by atoms with van der Waals surface area (Å²) in [5.74, 6) is 0.315. The maximum atomic E-state index is 11.9. The van der Waals surface area contributed by atoms with Gasteiger partial charge < -0.3 is 19.3 Å². The van der Waals surface area contributed by atoms with Crippen LogP contribution in [0, 0.1) is 0 Å². The molecule has 0 aliphatic heterocycles. The monoisotopic (exact) mass is 310 g/mol. The van der Waals surface area contributed by atoms with E-state index < -0.39 is 7.82 Å². The summed E-state index contributed by atoms with van der Waals surface area (Å²) < 4.78 is 21.7. The molecule has 0 aromatic heterocycles. The van der Waals surface area contributed by atoms with Gasteiger partial charge in [-0.25, -0.2) is 4.57 Å². The summed E-state index contributed by atoms with van der Waals surface area (Å²) in [5.41, 5.74) is 1.33. The fourth-order valence-corrected chi connectivity index (χ4v) is 2.41. The van der Waals surface area contributed by atoms with Crippen LogP contribution in [0.1, 0.15) is 11.1 Å². The van der Waals surface area contributed by atoms with Gasteiger partial charge >= 0.3 is 7.82 Å². The number of aliphatic hydroxyl groups is 2. The number of aliphatic hydroxyl groups excluding tert-OH is 2. The Bertz CT molecular complexity index is 569. The molecule has 6 nitrogen and oxygen atoms in total. The van der Waals surface area contributed by atoms with Crippen molar-refractivity contribution in [2.24, 2.45) is 0 Å². The van der Waals surface area contributed by atoms with Crippen molar-refractivity contribution in [3.05, 3.63) is 59.7 Å². The Balaban J connectivity index is 2.04. The zero-order valence-electron chi connectivity index (χ0n) is 11.0. The van der Waals surface area contributed by atoms with Gasteiger partial charge in [-0.05, 0) is 35.4 Å². The molecule has 21 heavy (non-hydrogen) atoms. The predicted octanol–water partition coefficient (Wildman–Crippen LogP) is 2.23. The molecule has 0 heterocycles. The lowest BCUT2D eigenvalue weighted by Crippen LogP contribution is -2.00. The van der Waals surface area contributed by atoms with E-state index in [4.69, 9.17) is 19.3 Å². The van der Waals surface area contributed by atoms with Crippen molar-refractivity contribution in [2.75, 3.05) is 0 Å². The molecular weight excluding hydrogens is 295 g/mol. The van der Waals surface area contributed by atoms with Crippen LogP contribution < -0.4 is 9.05 Å². The van der Waals surface area contributed by atoms with Crippen LogP contribution in [-0.4, -0.2) is 15.1 Å². The van der Waals surface area contributed by atoms with Crippen molar-refractivity contribution in [3.63, 3.8) is 0 Å². The highest BCUT2D eigenvalue weighted by molar-refractivity contribution is 7.48. The smallest absolute Gasteiger partial charge is 0.395 e. The van der Waals surface area contributed by atoms with Crippen molar-refractivity contribution < 1.29 is 28.7 Å². The highest BCUT2D eigenvalue weighted by Crippen LogP contribution is 2.44. The first kappa shape index (κ1) is 15.5. The molecule has 0 bridgehead atoms. The molecular formula is C14H15O6P. The molecule has 3 N–H and O–H groups in total. The minimum atomic E-state index is -4.31. The summed E-state index contributed by atoms with van der Waals surface area (Å²) in [6.07, 6.45) is 0. The lowest BCUT2D eigenvalue weighted by molar-refractivity contribution is 0.281. The number of rotatable bonds is 6. The van der Waals surface area contributed by atoms with E-state index in [2.05, 4.69) is 0 Å². The van der Waals surface area contributed by atoms with E-state index in [0.29, 0.717) is 11.1 Å². The number of phosphoric acid groups is 1. The van der Waals surface area contributed by atoms with Crippen LogP contribution in [0.4, 0.5) is 0 Å². The van der Waals surface area contributed by atoms with Gasteiger partial charge in [0.05, 0.1) is 13.2 Å². The zero-order valence-corrected chi connectivity index (χ0v) is 11.9. The van der Waals surface area contributed by atoms with E-state index >= 15 is 0 Å². The molecule has 0 saturated heterocycles. The minimum Gasteiger partial charge on any atom is -0.395 e. The second-order valence-electron chi connectivity index (χ2n) is 4.26. The third kappa shape index (κ3) is 4.58. The van der Waals surface area contributed by atoms with Crippen LogP contribution in [0.2, 0.25) is 0 Å². The highest BCUT2D eigenvalue weighted by Gasteiger charge is 2.24. The first-order valence-electron chi connectivity index (χ1n) is 6.14. The third-order valence-corrected chi connectivity index (χ3v) is 3.54. The summed E-state index contributed by atoms with van der Waals surface area (Å²) in [6, 6.07) is 12.2. The van der Waals surface area contributed by atoms with Gasteiger partial charge in [-0.2, -0.15) is 0 Å². The van der Waals surface area contributed by atoms with Gasteiger partial charge in [0.1, 0.15) is 11.5 Å². The molecule has 0 saturated carbocycles. The van der Waals surface area contributed by atoms with Crippen molar-refractivity contribution in [3.8, 4) is 11.5 Å². The summed E-state index contributed by atoms with van der Waals surface area (Å²) >= 11 is 0. The van der Waals surface area contributed by atoms with Crippen molar-refractivity contribution >= 4 is 7.82 Å². The van der Waals surface area contributed by atoms with E-state index in [0.717, 1.165) is 0 Å². The number of hydrogen-bond donors (Lipinski definition) is 3. The van der Waals surface area contributed by atoms with Crippen LogP contribution in [0.15, 0.2) is 48.5 Å². The average Bonchev–Trinajstić information content (AvgIpc) is 2.48. The number of benzene rings is 2. The van der Waals surface area contributed by atoms with Gasteiger partial charge in [-0.1, -0.05) is 24.3 Å². The highest BCUT2D eigenvalue weighted by atomic mass is 31.2. The Morgan fingerprint density at radius 1 is 0.762 bits per heavy atom. The van der Waals surface area contributed by atoms with E-state index in [1.165, 1.54) is 24.3 Å². The van der Waals surface area contributed by atoms with Gasteiger partial charge in [0.15, 0.2) is 0 Å². The number of phosphoric ester groups is 1. The van der Waals surface area contributed by atoms with E-state index in [9.17, 15) is 9.46 Å². The summed E-state index contributed by atoms with van der Waals surface area (Å²) in [4.78, 5) is 9.69. The summed E-state index contributed by atoms with van der Waals surface area (Å²) in [5, 5.41) is 17.8. The van der Waals surface area contributed by atoms with Gasteiger partial charge in [0.2, 0.25) is 0 Å². The SMILES string of the molecule is O=P(O)(Oc1ccc(CO)cc1)Oc1ccc(CO)cc1. The van der Waals surface area contributed by atoms with E-state index in [1.54, 1.807) is 24.3 Å². The quantitative estimate of drug-likeness (QED) is 0.708. The molecule has 0 amide bonds. The first-order valence-corrected chi connectivity index (χ1v) is 7.63. The van der Waals surface area contributed by atoms with Gasteiger partial charge in [0.25, 0.3) is 0 Å². The topological polar surface area (TPSA) is 96.2 Å². The molecule has 7 heteroatoms. The van der Waals surface area contributed by atoms with Crippen LogP contribution >= 0.6 is 7.82 Å². The van der Waals surface area contributed by atoms with E-state index in [1.807, 2.05) is 0 Å². The summed E-state index contributed by atoms with van der Waals surface area (Å²) in [7, 11) is -4.31. The van der Waals surface area contributed by atoms with Crippen molar-refractivity contribution in [1.29, 1.82) is 0 Å². The Morgan fingerprint density at radius 2 is 1.10 bits per heavy atom. The Kier molecular flexibility index (Phi) is 4.98. The molecule has 0 radical (unpaired) electrons. The third-order valence-electron chi connectivity index (χ3n) is 2.65. The molecule has 0 atom stereocenters. The fourth-order valence-electron chi connectivity index (χ4n) is 1.60. The zero-order chi connectivity index (χ0) is 15.3. The summed E-state index contributed by atoms with van der Waals surface area (Å²) in [6.45, 7) is -0.241. The number of hydrogen-bond acceptors (Lipinski definition) is 5. The van der Waals surface area contributed by atoms with Crippen LogP contribution in [0.3, 0.4) is 0 Å². The first-order chi connectivity index (χ1) is 10.0. The van der Waals surface area contributed by atoms with Gasteiger partial charge in [-0.15, -0.1) is 0 Å². The lowest BCUT2D eigenvalue weighted by Gasteiger charge is -2.14. The Morgan fingerprint density at radius 3 is 1.38 bits per heavy atom. The normalized spacial score (nSPS) is 11.2. The predicted molar refractivity (Wildman–Crippen MR) is 75.8 cm³/mol. The molecule has 0 unspecified atom stereocenters. The van der Waals surface area contributed by atoms with Crippen LogP contribution in [0.5, 0.6) is 11.5 Å². The lowest BCUT2D eigenvalue weighted by atomic mass is 10.2. The van der Waals surface area contributed by atoms with Crippen LogP contribution in [-0.2, 0) is 17.8 Å². The average molecular weight is 310 g/mol. The molecule has 2 aromatic carbocycles. The molecule has 0 fully saturated rings. The van der Waals surface area contributed by atoms with E-state index in [-0.39, 0.29) is 24.7 Å². The molecule has 0 aliphatic carbocycles. The second-order valence-corrected chi connectivity index (χ2v) is 5.56. The molecule has 2 aromatic rings. The van der Waals surface area contributed by atoms with Gasteiger partial charge in [-0.3, -0.25) is 4.89 Å². The second kappa shape index (κ2) is 6.74. The molecule has 0 spiro atoms. The maximum Gasteiger partial charge on any atom is 0.584 e. The Labute approximate surface area is 121 Å². The molecule has 112 valence electrons. The fraction of sp³-hybridized carbons (Fsp3) is 0.143. The Hall–Kier alpha value is -1.85. The standard InChI is InChI=1S/C14H15O6P/c15-9-11-1-5-13(6-2-11)19-21(17,18)20-14-7-3-12(10-16)4-8-14/h1-8,15-16H,9-10H2,(H,17,18). The largest absolute Gasteiger partial charge is 0.584 e. The minimum absolute atomic E-state index is 0.120. The van der Waals surface area contributed by atoms with Crippen LogP contribution in [0.25, 0.3) is 0 Å². The maximum absolute atomic E-state index is 11.9. The van der Waals surface area contributed by atoms with Gasteiger partial charge in [0, 0.05) is 0 Å².